The minimum Gasteiger partial charge on any atom is -0.480 e. The van der Waals surface area contributed by atoms with Crippen LogP contribution in [0, 0.1) is 20.8 Å². The SMILES string of the molecule is CC(C)(C)n1ccc(N)nc1=NCCCCC(N)C(=O)O.Cc1cn2c(n1)N(C)C1C(N=CN1C(C)(C)C)C2=O.Cc1nc2n(c1C)C(=O)C1N=CN(C(C)(C)C)C1N2C. The van der Waals surface area contributed by atoms with Gasteiger partial charge in [-0.3, -0.25) is 38.5 Å². The van der Waals surface area contributed by atoms with Gasteiger partial charge in [0.05, 0.1) is 24.1 Å². The van der Waals surface area contributed by atoms with Gasteiger partial charge in [-0.15, -0.1) is 0 Å². The fourth-order valence-corrected chi connectivity index (χ4v) is 7.54. The van der Waals surface area contributed by atoms with Gasteiger partial charge in [0.1, 0.15) is 24.2 Å². The van der Waals surface area contributed by atoms with Gasteiger partial charge in [0.2, 0.25) is 17.5 Å². The van der Waals surface area contributed by atoms with Crippen molar-refractivity contribution in [3.05, 3.63) is 41.2 Å². The summed E-state index contributed by atoms with van der Waals surface area (Å²) in [6.45, 7) is 25.2. The van der Waals surface area contributed by atoms with Gasteiger partial charge in [-0.25, -0.2) is 9.97 Å². The molecule has 0 aromatic carbocycles. The number of aryl methyl sites for hydroxylation is 2. The van der Waals surface area contributed by atoms with Crippen LogP contribution in [-0.4, -0.2) is 136 Å². The minimum atomic E-state index is -0.963. The van der Waals surface area contributed by atoms with Crippen LogP contribution in [0.3, 0.4) is 0 Å². The Bertz CT molecular complexity index is 2210. The number of nitrogens with two attached hydrogens (primary N) is 2. The lowest BCUT2D eigenvalue weighted by molar-refractivity contribution is -0.138. The van der Waals surface area contributed by atoms with Crippen LogP contribution < -0.4 is 26.9 Å². The smallest absolute Gasteiger partial charge is 0.320 e. The standard InChI is InChI=1S/C14H25N5O2.C14H21N5O.C13H19N5O/c1-14(2,3)19-9-7-11(16)18-13(19)17-8-5-4-6-10(15)12(20)21;1-8-9(2)19-12(20)10-11(17(6)13(19)16-8)18(7-15-10)14(3,4)5;1-8-6-17-11(19)9-10(16(5)12(17)15-8)18(7-14-9)13(2,3)4/h7,9-10H,4-6,8,15H2,1-3H3,(H,20,21)(H2,16,17,18);7,10-11H,1-6H3;6-7,9-10H,1-5H3. The number of nitrogen functional groups attached to an aromatic ring is 1. The average Bonchev–Trinajstić information content (AvgIpc) is 3.94. The van der Waals surface area contributed by atoms with Crippen molar-refractivity contribution in [1.29, 1.82) is 0 Å². The number of anilines is 3. The number of unbranched alkanes of at least 4 members (excludes halogenated alkanes) is 1. The quantitative estimate of drug-likeness (QED) is 0.304. The maximum atomic E-state index is 12.7. The fourth-order valence-electron chi connectivity index (χ4n) is 7.54. The number of hydrogen-bond acceptors (Lipinski definition) is 15. The van der Waals surface area contributed by atoms with Gasteiger partial charge < -0.3 is 40.7 Å². The van der Waals surface area contributed by atoms with E-state index in [9.17, 15) is 14.4 Å². The molecule has 0 saturated heterocycles. The molecular weight excluding hydrogens is 767 g/mol. The number of likely N-dealkylation sites (N-methyl/N-ethyl adjacent to an activating group) is 2. The highest BCUT2D eigenvalue weighted by Gasteiger charge is 2.50. The molecule has 328 valence electrons. The molecular formula is C41H65N15O4. The zero-order valence-electron chi connectivity index (χ0n) is 37.7. The Balaban J connectivity index is 0.000000171. The molecule has 0 bridgehead atoms. The first-order valence-electron chi connectivity index (χ1n) is 20.4. The van der Waals surface area contributed by atoms with Gasteiger partial charge in [-0.05, 0) is 108 Å². The second-order valence-electron chi connectivity index (χ2n) is 18.8. The van der Waals surface area contributed by atoms with Gasteiger partial charge in [-0.2, -0.15) is 4.98 Å². The number of fused-ring (bicyclic) bond motifs is 4. The highest BCUT2D eigenvalue weighted by molar-refractivity contribution is 5.94. The van der Waals surface area contributed by atoms with Crippen LogP contribution in [-0.2, 0) is 10.3 Å². The highest BCUT2D eigenvalue weighted by atomic mass is 16.4. The van der Waals surface area contributed by atoms with Crippen molar-refractivity contribution in [3.63, 3.8) is 0 Å². The zero-order valence-corrected chi connectivity index (χ0v) is 37.7. The molecule has 7 rings (SSSR count). The van der Waals surface area contributed by atoms with Crippen LogP contribution in [0.1, 0.15) is 108 Å². The number of nitrogens with zero attached hydrogens (tertiary/aromatic N) is 13. The Morgan fingerprint density at radius 1 is 0.817 bits per heavy atom. The summed E-state index contributed by atoms with van der Waals surface area (Å²) in [5.74, 6) is 0.901. The maximum Gasteiger partial charge on any atom is 0.320 e. The molecule has 3 aromatic rings. The van der Waals surface area contributed by atoms with Crippen LogP contribution in [0.4, 0.5) is 17.7 Å². The van der Waals surface area contributed by atoms with E-state index in [0.29, 0.717) is 36.3 Å². The Labute approximate surface area is 352 Å². The summed E-state index contributed by atoms with van der Waals surface area (Å²) in [6, 6.07) is 0.204. The van der Waals surface area contributed by atoms with E-state index in [2.05, 4.69) is 107 Å². The number of aliphatic imine (C=N–C) groups is 2. The first kappa shape index (κ1) is 45.5. The molecule has 4 aliphatic rings. The van der Waals surface area contributed by atoms with E-state index in [-0.39, 0.29) is 52.8 Å². The number of carbonyl (C=O) groups is 3. The topological polar surface area (TPSA) is 227 Å². The molecule has 0 saturated carbocycles. The van der Waals surface area contributed by atoms with E-state index in [0.717, 1.165) is 29.9 Å². The first-order chi connectivity index (χ1) is 27.7. The van der Waals surface area contributed by atoms with Gasteiger partial charge in [-0.1, -0.05) is 0 Å². The second-order valence-corrected chi connectivity index (χ2v) is 18.8. The largest absolute Gasteiger partial charge is 0.480 e. The van der Waals surface area contributed by atoms with Crippen molar-refractivity contribution in [3.8, 4) is 0 Å². The van der Waals surface area contributed by atoms with E-state index in [1.54, 1.807) is 34.1 Å². The second kappa shape index (κ2) is 16.8. The van der Waals surface area contributed by atoms with E-state index < -0.39 is 12.0 Å². The first-order valence-corrected chi connectivity index (χ1v) is 20.4. The van der Waals surface area contributed by atoms with Crippen LogP contribution in [0.15, 0.2) is 33.4 Å². The van der Waals surface area contributed by atoms with Crippen LogP contribution in [0.2, 0.25) is 0 Å². The zero-order chi connectivity index (χ0) is 44.8. The van der Waals surface area contributed by atoms with E-state index in [1.807, 2.05) is 50.5 Å². The molecule has 5 N–H and O–H groups in total. The normalized spacial score (nSPS) is 21.6. The molecule has 19 heteroatoms. The maximum absolute atomic E-state index is 12.7. The number of aliphatic carboxylic acids is 1. The molecule has 19 nitrogen and oxygen atoms in total. The van der Waals surface area contributed by atoms with Crippen molar-refractivity contribution in [1.82, 2.24) is 38.5 Å². The number of imidazole rings is 2. The molecule has 3 aromatic heterocycles. The molecule has 4 aliphatic heterocycles. The van der Waals surface area contributed by atoms with Gasteiger partial charge in [0.15, 0.2) is 12.1 Å². The van der Waals surface area contributed by atoms with Gasteiger partial charge in [0.25, 0.3) is 11.8 Å². The summed E-state index contributed by atoms with van der Waals surface area (Å²) in [5, 5.41) is 8.70. The highest BCUT2D eigenvalue weighted by Crippen LogP contribution is 2.35. The number of hydrogen-bond donors (Lipinski definition) is 3. The molecule has 7 heterocycles. The number of carbonyl (C=O) groups excluding carboxylic acids is 2. The summed E-state index contributed by atoms with van der Waals surface area (Å²) < 4.78 is 5.27. The van der Waals surface area contributed by atoms with Crippen molar-refractivity contribution in [2.75, 3.05) is 36.2 Å². The Morgan fingerprint density at radius 3 is 1.90 bits per heavy atom. The fraction of sp³-hybridized carbons (Fsp3) is 0.634. The predicted octanol–water partition coefficient (Wildman–Crippen LogP) is 3.25. The third-order valence-electron chi connectivity index (χ3n) is 11.0. The lowest BCUT2D eigenvalue weighted by atomic mass is 10.0. The summed E-state index contributed by atoms with van der Waals surface area (Å²) in [5.41, 5.74) is 14.1. The monoisotopic (exact) mass is 832 g/mol. The predicted molar refractivity (Wildman–Crippen MR) is 234 cm³/mol. The summed E-state index contributed by atoms with van der Waals surface area (Å²) in [6.07, 6.45) is 9.02. The van der Waals surface area contributed by atoms with Crippen molar-refractivity contribution in [2.45, 2.75) is 149 Å². The molecule has 0 radical (unpaired) electrons. The lowest BCUT2D eigenvalue weighted by Gasteiger charge is -2.44. The number of carboxylic acid groups (broad SMARTS) is 1. The van der Waals surface area contributed by atoms with Crippen LogP contribution in [0.5, 0.6) is 0 Å². The van der Waals surface area contributed by atoms with Crippen LogP contribution >= 0.6 is 0 Å². The third-order valence-corrected chi connectivity index (χ3v) is 11.0. The molecule has 0 fully saturated rings. The minimum absolute atomic E-state index is 0.00157. The van der Waals surface area contributed by atoms with Crippen molar-refractivity contribution < 1.29 is 19.5 Å². The van der Waals surface area contributed by atoms with Crippen molar-refractivity contribution >= 4 is 48.2 Å². The number of rotatable bonds is 6. The van der Waals surface area contributed by atoms with E-state index in [1.165, 1.54) is 0 Å². The van der Waals surface area contributed by atoms with Gasteiger partial charge >= 0.3 is 5.97 Å². The summed E-state index contributed by atoms with van der Waals surface area (Å²) in [7, 11) is 3.95. The van der Waals surface area contributed by atoms with Crippen molar-refractivity contribution in [2.24, 2.45) is 20.7 Å². The number of carboxylic acids is 1. The van der Waals surface area contributed by atoms with E-state index >= 15 is 0 Å². The summed E-state index contributed by atoms with van der Waals surface area (Å²) in [4.78, 5) is 70.7. The Kier molecular flexibility index (Phi) is 12.7. The summed E-state index contributed by atoms with van der Waals surface area (Å²) >= 11 is 0. The average molecular weight is 832 g/mol. The Morgan fingerprint density at radius 2 is 1.37 bits per heavy atom. The van der Waals surface area contributed by atoms with Gasteiger partial charge in [0, 0.05) is 55.3 Å². The number of aromatic nitrogens is 6. The molecule has 5 atom stereocenters. The van der Waals surface area contributed by atoms with Crippen LogP contribution in [0.25, 0.3) is 0 Å². The molecule has 5 unspecified atom stereocenters. The lowest BCUT2D eigenvalue weighted by Crippen LogP contribution is -2.60. The van der Waals surface area contributed by atoms with E-state index in [4.69, 9.17) is 16.6 Å². The third kappa shape index (κ3) is 9.10. The molecule has 0 spiro atoms. The molecule has 0 aliphatic carbocycles. The molecule has 0 amide bonds. The Hall–Kier alpha value is -5.59. The molecule has 60 heavy (non-hydrogen) atoms.